The minimum absolute atomic E-state index is 0.0466. The Bertz CT molecular complexity index is 937. The highest BCUT2D eigenvalue weighted by Crippen LogP contribution is 2.18. The van der Waals surface area contributed by atoms with E-state index in [1.807, 2.05) is 0 Å². The fourth-order valence-corrected chi connectivity index (χ4v) is 6.85. The van der Waals surface area contributed by atoms with E-state index in [-0.39, 0.29) is 25.2 Å². The Hall–Kier alpha value is -2.34. The number of unbranched alkanes of at least 4 members (excludes halogenated alkanes) is 22. The van der Waals surface area contributed by atoms with Gasteiger partial charge in [0.15, 0.2) is 0 Å². The van der Waals surface area contributed by atoms with Crippen molar-refractivity contribution in [1.29, 1.82) is 0 Å². The molecule has 0 saturated carbocycles. The fourth-order valence-electron chi connectivity index (χ4n) is 5.86. The highest BCUT2D eigenvalue weighted by molar-refractivity contribution is 8.00. The Morgan fingerprint density at radius 1 is 0.596 bits per heavy atom. The molecule has 0 aliphatic carbocycles. The summed E-state index contributed by atoms with van der Waals surface area (Å²) in [5.41, 5.74) is 5.48. The molecule has 0 aromatic heterocycles. The van der Waals surface area contributed by atoms with Crippen LogP contribution in [0.1, 0.15) is 187 Å². The molecule has 0 aliphatic heterocycles. The molecule has 5 N–H and O–H groups in total. The van der Waals surface area contributed by atoms with Gasteiger partial charge in [0.05, 0.1) is 13.2 Å². The quantitative estimate of drug-likeness (QED) is 0.0349. The normalized spacial score (nSPS) is 12.9. The van der Waals surface area contributed by atoms with E-state index in [4.69, 9.17) is 20.3 Å². The van der Waals surface area contributed by atoms with Crippen LogP contribution in [-0.2, 0) is 33.4 Å². The maximum Gasteiger partial charge on any atom is 0.328 e. The standard InChI is InChI=1S/C40H74N2O9S/c1-3-5-7-9-11-13-15-17-19-21-23-25-29-50-37(44)28-27-34(42-36(43)31-35(39(47)48)52-32-33(41)38(45)46)40(49)51-30-26-24-22-20-18-16-14-12-10-8-6-4-2/h33-35H,3-32,41H2,1-2H3,(H,42,43)(H,45,46)(H,47,48)/t33-,34+,35?/m1/s1. The molecule has 3 atom stereocenters. The second-order valence-corrected chi connectivity index (χ2v) is 15.4. The molecule has 0 saturated heterocycles. The number of nitrogens with one attached hydrogen (secondary N) is 1. The molecule has 0 bridgehead atoms. The van der Waals surface area contributed by atoms with Gasteiger partial charge in [-0.1, -0.05) is 155 Å². The Kier molecular flexibility index (Phi) is 34.1. The lowest BCUT2D eigenvalue weighted by molar-refractivity contribution is -0.149. The third-order valence-electron chi connectivity index (χ3n) is 9.20. The van der Waals surface area contributed by atoms with Gasteiger partial charge in [-0.05, 0) is 19.3 Å². The summed E-state index contributed by atoms with van der Waals surface area (Å²) in [4.78, 5) is 61.1. The van der Waals surface area contributed by atoms with Gasteiger partial charge in [0.1, 0.15) is 17.3 Å². The van der Waals surface area contributed by atoms with Gasteiger partial charge >= 0.3 is 23.9 Å². The first-order valence-electron chi connectivity index (χ1n) is 20.6. The van der Waals surface area contributed by atoms with Gasteiger partial charge in [0.2, 0.25) is 5.91 Å². The minimum atomic E-state index is -1.30. The molecule has 304 valence electrons. The van der Waals surface area contributed by atoms with E-state index in [0.29, 0.717) is 13.0 Å². The number of carboxylic acid groups (broad SMARTS) is 2. The summed E-state index contributed by atoms with van der Waals surface area (Å²) in [6, 6.07) is -2.43. The van der Waals surface area contributed by atoms with E-state index in [2.05, 4.69) is 19.2 Å². The van der Waals surface area contributed by atoms with Crippen LogP contribution in [0.3, 0.4) is 0 Å². The number of amides is 1. The number of esters is 2. The molecule has 12 heteroatoms. The summed E-state index contributed by atoms with van der Waals surface area (Å²) in [5.74, 6) is -4.65. The van der Waals surface area contributed by atoms with Crippen LogP contribution >= 0.6 is 11.8 Å². The molecule has 1 amide bonds. The fraction of sp³-hybridized carbons (Fsp3) is 0.875. The summed E-state index contributed by atoms with van der Waals surface area (Å²) >= 11 is 0.745. The van der Waals surface area contributed by atoms with Crippen LogP contribution in [0.15, 0.2) is 0 Å². The van der Waals surface area contributed by atoms with Crippen molar-refractivity contribution in [2.75, 3.05) is 19.0 Å². The van der Waals surface area contributed by atoms with Gasteiger partial charge in [-0.2, -0.15) is 0 Å². The van der Waals surface area contributed by atoms with Crippen LogP contribution in [0.5, 0.6) is 0 Å². The summed E-state index contributed by atoms with van der Waals surface area (Å²) < 4.78 is 10.8. The maximum atomic E-state index is 13.0. The number of rotatable bonds is 38. The van der Waals surface area contributed by atoms with Crippen molar-refractivity contribution in [1.82, 2.24) is 5.32 Å². The van der Waals surface area contributed by atoms with E-state index in [1.165, 1.54) is 109 Å². The largest absolute Gasteiger partial charge is 0.480 e. The zero-order valence-corrected chi connectivity index (χ0v) is 33.5. The van der Waals surface area contributed by atoms with Gasteiger partial charge in [0.25, 0.3) is 0 Å². The predicted molar refractivity (Wildman–Crippen MR) is 209 cm³/mol. The molecular weight excluding hydrogens is 685 g/mol. The number of nitrogens with two attached hydrogens (primary N) is 1. The van der Waals surface area contributed by atoms with E-state index in [1.54, 1.807) is 0 Å². The van der Waals surface area contributed by atoms with Crippen molar-refractivity contribution in [2.45, 2.75) is 205 Å². The average molecular weight is 759 g/mol. The number of carboxylic acids is 2. The van der Waals surface area contributed by atoms with Crippen molar-refractivity contribution in [2.24, 2.45) is 5.73 Å². The zero-order valence-electron chi connectivity index (χ0n) is 32.7. The van der Waals surface area contributed by atoms with Crippen LogP contribution in [-0.4, -0.2) is 76.3 Å². The van der Waals surface area contributed by atoms with Gasteiger partial charge < -0.3 is 30.7 Å². The van der Waals surface area contributed by atoms with E-state index < -0.39 is 53.5 Å². The predicted octanol–water partition coefficient (Wildman–Crippen LogP) is 8.73. The van der Waals surface area contributed by atoms with Gasteiger partial charge in [-0.15, -0.1) is 11.8 Å². The molecule has 0 aromatic rings. The summed E-state index contributed by atoms with van der Waals surface area (Å²) in [7, 11) is 0. The van der Waals surface area contributed by atoms with Crippen molar-refractivity contribution in [3.8, 4) is 0 Å². The Morgan fingerprint density at radius 3 is 1.40 bits per heavy atom. The Balaban J connectivity index is 4.64. The van der Waals surface area contributed by atoms with E-state index in [9.17, 15) is 29.1 Å². The average Bonchev–Trinajstić information content (AvgIpc) is 3.11. The molecule has 0 rings (SSSR count). The molecule has 0 radical (unpaired) electrons. The number of thioether (sulfide) groups is 1. The number of aliphatic carboxylic acids is 2. The molecule has 0 spiro atoms. The van der Waals surface area contributed by atoms with Crippen molar-refractivity contribution >= 4 is 41.5 Å². The molecule has 11 nitrogen and oxygen atoms in total. The molecule has 0 fully saturated rings. The number of ether oxygens (including phenoxy) is 2. The first kappa shape index (κ1) is 49.7. The zero-order chi connectivity index (χ0) is 38.7. The molecule has 1 unspecified atom stereocenters. The van der Waals surface area contributed by atoms with Gasteiger partial charge in [0, 0.05) is 18.6 Å². The van der Waals surface area contributed by atoms with Crippen LogP contribution in [0.2, 0.25) is 0 Å². The van der Waals surface area contributed by atoms with Crippen molar-refractivity contribution in [3.63, 3.8) is 0 Å². The van der Waals surface area contributed by atoms with Crippen LogP contribution in [0.25, 0.3) is 0 Å². The smallest absolute Gasteiger partial charge is 0.328 e. The third-order valence-corrected chi connectivity index (χ3v) is 10.5. The third kappa shape index (κ3) is 31.2. The lowest BCUT2D eigenvalue weighted by Gasteiger charge is -2.19. The van der Waals surface area contributed by atoms with Crippen LogP contribution < -0.4 is 11.1 Å². The topological polar surface area (TPSA) is 182 Å². The van der Waals surface area contributed by atoms with Crippen LogP contribution in [0, 0.1) is 0 Å². The first-order chi connectivity index (χ1) is 25.1. The highest BCUT2D eigenvalue weighted by Gasteiger charge is 2.28. The monoisotopic (exact) mass is 759 g/mol. The molecule has 52 heavy (non-hydrogen) atoms. The van der Waals surface area contributed by atoms with E-state index >= 15 is 0 Å². The first-order valence-corrected chi connectivity index (χ1v) is 21.6. The number of hydrogen-bond donors (Lipinski definition) is 4. The molecular formula is C40H74N2O9S. The van der Waals surface area contributed by atoms with Gasteiger partial charge in [-0.3, -0.25) is 19.2 Å². The molecule has 0 aliphatic rings. The Labute approximate surface area is 319 Å². The summed E-state index contributed by atoms with van der Waals surface area (Å²) in [6.07, 6.45) is 27.9. The van der Waals surface area contributed by atoms with Crippen LogP contribution in [0.4, 0.5) is 0 Å². The van der Waals surface area contributed by atoms with Gasteiger partial charge in [-0.25, -0.2) is 4.79 Å². The van der Waals surface area contributed by atoms with Crippen molar-refractivity contribution < 1.29 is 43.7 Å². The minimum Gasteiger partial charge on any atom is -0.480 e. The SMILES string of the molecule is CCCCCCCCCCCCCCOC(=O)CC[C@H](NC(=O)CC(SC[C@@H](N)C(=O)O)C(=O)O)C(=O)OCCCCCCCCCCCCCC. The van der Waals surface area contributed by atoms with E-state index in [0.717, 1.165) is 50.3 Å². The molecule has 0 aromatic carbocycles. The lowest BCUT2D eigenvalue weighted by atomic mass is 10.1. The second kappa shape index (κ2) is 35.7. The maximum absolute atomic E-state index is 13.0. The highest BCUT2D eigenvalue weighted by atomic mass is 32.2. The Morgan fingerprint density at radius 2 is 1.00 bits per heavy atom. The number of hydrogen-bond acceptors (Lipinski definition) is 9. The number of carbonyl (C=O) groups is 5. The summed E-state index contributed by atoms with van der Waals surface area (Å²) in [6.45, 7) is 4.94. The lowest BCUT2D eigenvalue weighted by Crippen LogP contribution is -2.44. The second-order valence-electron chi connectivity index (χ2n) is 14.1. The number of carbonyl (C=O) groups excluding carboxylic acids is 3. The molecule has 0 heterocycles. The van der Waals surface area contributed by atoms with Crippen molar-refractivity contribution in [3.05, 3.63) is 0 Å². The summed E-state index contributed by atoms with van der Waals surface area (Å²) in [5, 5.41) is 19.8.